The van der Waals surface area contributed by atoms with E-state index in [2.05, 4.69) is 15.7 Å². The van der Waals surface area contributed by atoms with Gasteiger partial charge in [0.25, 0.3) is 11.8 Å². The van der Waals surface area contributed by atoms with E-state index in [9.17, 15) is 19.2 Å². The molecule has 2 aromatic rings. The Morgan fingerprint density at radius 3 is 2.55 bits per heavy atom. The topological polar surface area (TPSA) is 118 Å². The van der Waals surface area contributed by atoms with Crippen LogP contribution in [0.2, 0.25) is 0 Å². The van der Waals surface area contributed by atoms with Gasteiger partial charge in [0.2, 0.25) is 0 Å². The summed E-state index contributed by atoms with van der Waals surface area (Å²) in [5.74, 6) is -2.18. The number of amides is 4. The summed E-state index contributed by atoms with van der Waals surface area (Å²) in [5.41, 5.74) is 2.10. The van der Waals surface area contributed by atoms with Crippen LogP contribution in [0.3, 0.4) is 0 Å². The summed E-state index contributed by atoms with van der Waals surface area (Å²) in [6.07, 6.45) is 2.36. The van der Waals surface area contributed by atoms with E-state index < -0.39 is 36.0 Å². The molecule has 1 aromatic carbocycles. The van der Waals surface area contributed by atoms with Gasteiger partial charge in [0.05, 0.1) is 0 Å². The molecule has 3 rings (SSSR count). The first kappa shape index (κ1) is 20.0. The quantitative estimate of drug-likeness (QED) is 0.537. The Morgan fingerprint density at radius 1 is 1.14 bits per heavy atom. The van der Waals surface area contributed by atoms with E-state index >= 15 is 0 Å². The molecular weight excluding hydrogens is 376 g/mol. The molecule has 0 unspecified atom stereocenters. The summed E-state index contributed by atoms with van der Waals surface area (Å²) in [6.45, 7) is 0.941. The zero-order chi connectivity index (χ0) is 20.9. The number of rotatable bonds is 7. The highest BCUT2D eigenvalue weighted by atomic mass is 16.5. The SMILES string of the molecule is C[C@]1(CCc2ccccc2)NC(=O)N(NC(=O)COC(=O)c2ccccn2)C1=O. The van der Waals surface area contributed by atoms with E-state index in [1.807, 2.05) is 30.3 Å². The number of urea groups is 1. The first-order valence-corrected chi connectivity index (χ1v) is 8.97. The highest BCUT2D eigenvalue weighted by molar-refractivity contribution is 6.07. The molecule has 150 valence electrons. The average molecular weight is 396 g/mol. The number of imide groups is 1. The van der Waals surface area contributed by atoms with Crippen LogP contribution in [0.15, 0.2) is 54.7 Å². The van der Waals surface area contributed by atoms with E-state index in [-0.39, 0.29) is 5.69 Å². The molecule has 2 heterocycles. The molecule has 0 spiro atoms. The lowest BCUT2D eigenvalue weighted by Gasteiger charge is -2.21. The smallest absolute Gasteiger partial charge is 0.357 e. The molecule has 1 aliphatic rings. The molecule has 0 radical (unpaired) electrons. The second-order valence-corrected chi connectivity index (χ2v) is 6.71. The molecule has 1 fully saturated rings. The van der Waals surface area contributed by atoms with Gasteiger partial charge in [0.1, 0.15) is 11.2 Å². The highest BCUT2D eigenvalue weighted by Crippen LogP contribution is 2.22. The van der Waals surface area contributed by atoms with Crippen LogP contribution in [-0.2, 0) is 20.7 Å². The van der Waals surface area contributed by atoms with Crippen molar-refractivity contribution in [2.45, 2.75) is 25.3 Å². The molecule has 1 aromatic heterocycles. The van der Waals surface area contributed by atoms with Crippen LogP contribution in [0.5, 0.6) is 0 Å². The molecule has 0 saturated carbocycles. The summed E-state index contributed by atoms with van der Waals surface area (Å²) in [7, 11) is 0. The molecule has 0 aliphatic carbocycles. The van der Waals surface area contributed by atoms with E-state index in [0.29, 0.717) is 17.9 Å². The van der Waals surface area contributed by atoms with Gasteiger partial charge in [-0.25, -0.2) is 14.6 Å². The number of pyridine rings is 1. The van der Waals surface area contributed by atoms with Crippen molar-refractivity contribution < 1.29 is 23.9 Å². The Balaban J connectivity index is 1.53. The second kappa shape index (κ2) is 8.51. The van der Waals surface area contributed by atoms with Crippen molar-refractivity contribution in [2.24, 2.45) is 0 Å². The number of hydrogen-bond acceptors (Lipinski definition) is 6. The summed E-state index contributed by atoms with van der Waals surface area (Å²) in [5, 5.41) is 3.21. The van der Waals surface area contributed by atoms with Gasteiger partial charge in [-0.2, -0.15) is 5.01 Å². The fraction of sp³-hybridized carbons (Fsp3) is 0.250. The average Bonchev–Trinajstić information content (AvgIpc) is 2.95. The summed E-state index contributed by atoms with van der Waals surface area (Å²) < 4.78 is 4.84. The Labute approximate surface area is 167 Å². The molecular formula is C20H20N4O5. The number of aryl methyl sites for hydroxylation is 1. The van der Waals surface area contributed by atoms with Gasteiger partial charge in [-0.1, -0.05) is 36.4 Å². The number of hydrazine groups is 1. The van der Waals surface area contributed by atoms with Crippen LogP contribution in [0.25, 0.3) is 0 Å². The number of aromatic nitrogens is 1. The van der Waals surface area contributed by atoms with Crippen molar-refractivity contribution in [1.29, 1.82) is 0 Å². The van der Waals surface area contributed by atoms with Crippen LogP contribution in [0.1, 0.15) is 29.4 Å². The Hall–Kier alpha value is -3.75. The maximum Gasteiger partial charge on any atom is 0.357 e. The van der Waals surface area contributed by atoms with Gasteiger partial charge in [-0.05, 0) is 37.5 Å². The van der Waals surface area contributed by atoms with Gasteiger partial charge in [0, 0.05) is 6.20 Å². The number of nitrogens with one attached hydrogen (secondary N) is 2. The van der Waals surface area contributed by atoms with Crippen molar-refractivity contribution in [3.63, 3.8) is 0 Å². The van der Waals surface area contributed by atoms with Crippen molar-refractivity contribution in [3.8, 4) is 0 Å². The number of nitrogens with zero attached hydrogens (tertiary/aromatic N) is 2. The Kier molecular flexibility index (Phi) is 5.87. The molecule has 1 saturated heterocycles. The van der Waals surface area contributed by atoms with Crippen molar-refractivity contribution in [3.05, 3.63) is 66.0 Å². The monoisotopic (exact) mass is 396 g/mol. The van der Waals surface area contributed by atoms with Gasteiger partial charge < -0.3 is 10.1 Å². The summed E-state index contributed by atoms with van der Waals surface area (Å²) in [6, 6.07) is 13.5. The number of carbonyl (C=O) groups is 4. The minimum absolute atomic E-state index is 0.0452. The van der Waals surface area contributed by atoms with Gasteiger partial charge in [-0.15, -0.1) is 0 Å². The minimum atomic E-state index is -1.15. The molecule has 1 atom stereocenters. The Morgan fingerprint density at radius 2 is 1.86 bits per heavy atom. The molecule has 9 heteroatoms. The van der Waals surface area contributed by atoms with Crippen molar-refractivity contribution in [2.75, 3.05) is 6.61 Å². The third-order valence-corrected chi connectivity index (χ3v) is 4.46. The van der Waals surface area contributed by atoms with Gasteiger partial charge in [0.15, 0.2) is 6.61 Å². The highest BCUT2D eigenvalue weighted by Gasteiger charge is 2.48. The number of carbonyl (C=O) groups excluding carboxylic acids is 4. The van der Waals surface area contributed by atoms with Gasteiger partial charge in [-0.3, -0.25) is 15.0 Å². The first-order valence-electron chi connectivity index (χ1n) is 8.97. The fourth-order valence-electron chi connectivity index (χ4n) is 2.84. The molecule has 1 aliphatic heterocycles. The molecule has 2 N–H and O–H groups in total. The van der Waals surface area contributed by atoms with Crippen LogP contribution >= 0.6 is 0 Å². The number of hydrogen-bond donors (Lipinski definition) is 2. The lowest BCUT2D eigenvalue weighted by atomic mass is 9.93. The molecule has 29 heavy (non-hydrogen) atoms. The third-order valence-electron chi connectivity index (χ3n) is 4.46. The Bertz CT molecular complexity index is 919. The maximum atomic E-state index is 12.7. The predicted octanol–water partition coefficient (Wildman–Crippen LogP) is 1.21. The number of benzene rings is 1. The zero-order valence-corrected chi connectivity index (χ0v) is 15.8. The molecule has 4 amide bonds. The maximum absolute atomic E-state index is 12.7. The van der Waals surface area contributed by atoms with E-state index in [4.69, 9.17) is 4.74 Å². The molecule has 9 nitrogen and oxygen atoms in total. The lowest BCUT2D eigenvalue weighted by Crippen LogP contribution is -2.50. The van der Waals surface area contributed by atoms with Gasteiger partial charge >= 0.3 is 12.0 Å². The summed E-state index contributed by atoms with van der Waals surface area (Å²) in [4.78, 5) is 52.5. The molecule has 0 bridgehead atoms. The van der Waals surface area contributed by atoms with Crippen LogP contribution < -0.4 is 10.7 Å². The first-order chi connectivity index (χ1) is 13.9. The van der Waals surface area contributed by atoms with E-state index in [0.717, 1.165) is 5.56 Å². The third kappa shape index (κ3) is 4.75. The van der Waals surface area contributed by atoms with E-state index in [1.165, 1.54) is 12.3 Å². The van der Waals surface area contributed by atoms with E-state index in [1.54, 1.807) is 19.1 Å². The largest absolute Gasteiger partial charge is 0.451 e. The fourth-order valence-corrected chi connectivity index (χ4v) is 2.84. The van der Waals surface area contributed by atoms with Crippen molar-refractivity contribution in [1.82, 2.24) is 20.7 Å². The predicted molar refractivity (Wildman–Crippen MR) is 101 cm³/mol. The van der Waals surface area contributed by atoms with Crippen molar-refractivity contribution >= 4 is 23.8 Å². The number of ether oxygens (including phenoxy) is 1. The number of esters is 1. The van der Waals surface area contributed by atoms with Crippen LogP contribution in [0, 0.1) is 0 Å². The standard InChI is InChI=1S/C20H20N4O5/c1-20(11-10-14-7-3-2-4-8-14)18(27)24(19(28)22-20)23-16(25)13-29-17(26)15-9-5-6-12-21-15/h2-9,12H,10-11,13H2,1H3,(H,22,28)(H,23,25)/t20-/m1/s1. The minimum Gasteiger partial charge on any atom is -0.451 e. The van der Waals surface area contributed by atoms with Crippen LogP contribution in [0.4, 0.5) is 4.79 Å². The zero-order valence-electron chi connectivity index (χ0n) is 15.8. The lowest BCUT2D eigenvalue weighted by molar-refractivity contribution is -0.140. The normalized spacial score (nSPS) is 18.3. The van der Waals surface area contributed by atoms with Crippen LogP contribution in [-0.4, -0.2) is 46.0 Å². The second-order valence-electron chi connectivity index (χ2n) is 6.71. The summed E-state index contributed by atoms with van der Waals surface area (Å²) >= 11 is 0.